The minimum Gasteiger partial charge on any atom is -0.490 e. The van der Waals surface area contributed by atoms with E-state index in [2.05, 4.69) is 51.2 Å². The molecule has 0 aromatic heterocycles. The summed E-state index contributed by atoms with van der Waals surface area (Å²) in [5, 5.41) is 3.45. The standard InChI is InChI=1S/C15H25NO/c1-5-13(4)17-15-9-7-6-8-14(15)11-16-10-12(2)3/h6-9,12-13,16H,5,10-11H2,1-4H3. The smallest absolute Gasteiger partial charge is 0.124 e. The fourth-order valence-corrected chi connectivity index (χ4v) is 1.56. The summed E-state index contributed by atoms with van der Waals surface area (Å²) >= 11 is 0. The van der Waals surface area contributed by atoms with Crippen molar-refractivity contribution in [3.63, 3.8) is 0 Å². The van der Waals surface area contributed by atoms with Crippen LogP contribution in [0, 0.1) is 5.92 Å². The summed E-state index contributed by atoms with van der Waals surface area (Å²) in [5.74, 6) is 1.69. The van der Waals surface area contributed by atoms with Gasteiger partial charge in [-0.05, 0) is 31.9 Å². The van der Waals surface area contributed by atoms with Crippen molar-refractivity contribution >= 4 is 0 Å². The Bertz CT molecular complexity index is 322. The lowest BCUT2D eigenvalue weighted by molar-refractivity contribution is 0.215. The first-order valence-electron chi connectivity index (χ1n) is 6.58. The Kier molecular flexibility index (Phi) is 6.06. The summed E-state index contributed by atoms with van der Waals surface area (Å²) in [6, 6.07) is 8.28. The van der Waals surface area contributed by atoms with Gasteiger partial charge in [0.2, 0.25) is 0 Å². The first kappa shape index (κ1) is 14.0. The van der Waals surface area contributed by atoms with Crippen LogP contribution >= 0.6 is 0 Å². The lowest BCUT2D eigenvalue weighted by Gasteiger charge is -2.16. The van der Waals surface area contributed by atoms with E-state index in [4.69, 9.17) is 4.74 Å². The molecule has 1 atom stereocenters. The van der Waals surface area contributed by atoms with Gasteiger partial charge in [-0.15, -0.1) is 0 Å². The third-order valence-corrected chi connectivity index (χ3v) is 2.74. The van der Waals surface area contributed by atoms with Crippen LogP contribution in [0.3, 0.4) is 0 Å². The molecule has 2 nitrogen and oxygen atoms in total. The summed E-state index contributed by atoms with van der Waals surface area (Å²) in [6.45, 7) is 10.6. The van der Waals surface area contributed by atoms with E-state index in [-0.39, 0.29) is 6.10 Å². The van der Waals surface area contributed by atoms with Crippen molar-refractivity contribution in [2.24, 2.45) is 5.92 Å². The van der Waals surface area contributed by atoms with E-state index < -0.39 is 0 Å². The van der Waals surface area contributed by atoms with Gasteiger partial charge in [0.05, 0.1) is 6.10 Å². The van der Waals surface area contributed by atoms with Crippen LogP contribution in [0.5, 0.6) is 5.75 Å². The maximum atomic E-state index is 5.91. The van der Waals surface area contributed by atoms with Gasteiger partial charge in [-0.1, -0.05) is 39.0 Å². The van der Waals surface area contributed by atoms with E-state index in [0.717, 1.165) is 25.3 Å². The molecule has 1 rings (SSSR count). The van der Waals surface area contributed by atoms with Gasteiger partial charge < -0.3 is 10.1 Å². The second-order valence-corrected chi connectivity index (χ2v) is 4.97. The molecule has 0 aliphatic heterocycles. The first-order chi connectivity index (χ1) is 8.13. The van der Waals surface area contributed by atoms with Gasteiger partial charge in [0.15, 0.2) is 0 Å². The van der Waals surface area contributed by atoms with Crippen LogP contribution in [0.15, 0.2) is 24.3 Å². The van der Waals surface area contributed by atoms with E-state index in [1.165, 1.54) is 5.56 Å². The summed E-state index contributed by atoms with van der Waals surface area (Å²) < 4.78 is 5.91. The summed E-state index contributed by atoms with van der Waals surface area (Å²) in [6.07, 6.45) is 1.31. The van der Waals surface area contributed by atoms with E-state index in [1.807, 2.05) is 6.07 Å². The van der Waals surface area contributed by atoms with E-state index in [9.17, 15) is 0 Å². The lowest BCUT2D eigenvalue weighted by atomic mass is 10.1. The van der Waals surface area contributed by atoms with E-state index in [1.54, 1.807) is 0 Å². The number of hydrogen-bond donors (Lipinski definition) is 1. The van der Waals surface area contributed by atoms with Crippen molar-refractivity contribution in [3.05, 3.63) is 29.8 Å². The van der Waals surface area contributed by atoms with Crippen molar-refractivity contribution < 1.29 is 4.74 Å². The molecule has 0 bridgehead atoms. The molecule has 2 heteroatoms. The molecule has 17 heavy (non-hydrogen) atoms. The zero-order valence-electron chi connectivity index (χ0n) is 11.5. The van der Waals surface area contributed by atoms with Gasteiger partial charge in [0.1, 0.15) is 5.75 Å². The number of rotatable bonds is 7. The molecule has 1 unspecified atom stereocenters. The van der Waals surface area contributed by atoms with Crippen LogP contribution in [-0.2, 0) is 6.54 Å². The predicted octanol–water partition coefficient (Wildman–Crippen LogP) is 3.61. The number of benzene rings is 1. The van der Waals surface area contributed by atoms with Crippen molar-refractivity contribution in [1.29, 1.82) is 0 Å². The monoisotopic (exact) mass is 235 g/mol. The quantitative estimate of drug-likeness (QED) is 0.779. The van der Waals surface area contributed by atoms with Crippen LogP contribution < -0.4 is 10.1 Å². The second kappa shape index (κ2) is 7.33. The van der Waals surface area contributed by atoms with Gasteiger partial charge in [-0.2, -0.15) is 0 Å². The van der Waals surface area contributed by atoms with Crippen LogP contribution in [-0.4, -0.2) is 12.6 Å². The van der Waals surface area contributed by atoms with Crippen molar-refractivity contribution in [1.82, 2.24) is 5.32 Å². The van der Waals surface area contributed by atoms with Crippen molar-refractivity contribution in [2.75, 3.05) is 6.54 Å². The Morgan fingerprint density at radius 2 is 1.88 bits per heavy atom. The highest BCUT2D eigenvalue weighted by Gasteiger charge is 2.06. The second-order valence-electron chi connectivity index (χ2n) is 4.97. The lowest BCUT2D eigenvalue weighted by Crippen LogP contribution is -2.20. The molecule has 0 heterocycles. The third-order valence-electron chi connectivity index (χ3n) is 2.74. The summed E-state index contributed by atoms with van der Waals surface area (Å²) in [7, 11) is 0. The van der Waals surface area contributed by atoms with E-state index in [0.29, 0.717) is 5.92 Å². The minimum absolute atomic E-state index is 0.279. The maximum Gasteiger partial charge on any atom is 0.124 e. The van der Waals surface area contributed by atoms with Crippen molar-refractivity contribution in [2.45, 2.75) is 46.8 Å². The molecule has 0 saturated carbocycles. The molecule has 0 amide bonds. The Balaban J connectivity index is 2.57. The molecule has 1 aromatic rings. The number of hydrogen-bond acceptors (Lipinski definition) is 2. The molecule has 0 saturated heterocycles. The highest BCUT2D eigenvalue weighted by molar-refractivity contribution is 5.33. The van der Waals surface area contributed by atoms with Gasteiger partial charge in [-0.3, -0.25) is 0 Å². The fraction of sp³-hybridized carbons (Fsp3) is 0.600. The number of para-hydroxylation sites is 1. The topological polar surface area (TPSA) is 21.3 Å². The largest absolute Gasteiger partial charge is 0.490 e. The molecule has 0 aliphatic rings. The number of ether oxygens (including phenoxy) is 1. The summed E-state index contributed by atoms with van der Waals surface area (Å²) in [5.41, 5.74) is 1.24. The van der Waals surface area contributed by atoms with Crippen LogP contribution in [0.25, 0.3) is 0 Å². The van der Waals surface area contributed by atoms with Crippen LogP contribution in [0.4, 0.5) is 0 Å². The number of nitrogens with one attached hydrogen (secondary N) is 1. The van der Waals surface area contributed by atoms with Crippen LogP contribution in [0.2, 0.25) is 0 Å². The zero-order valence-corrected chi connectivity index (χ0v) is 11.5. The predicted molar refractivity (Wildman–Crippen MR) is 73.4 cm³/mol. The average molecular weight is 235 g/mol. The van der Waals surface area contributed by atoms with Gasteiger partial charge in [0, 0.05) is 12.1 Å². The van der Waals surface area contributed by atoms with E-state index >= 15 is 0 Å². The molecule has 0 fully saturated rings. The Hall–Kier alpha value is -1.02. The zero-order chi connectivity index (χ0) is 12.7. The van der Waals surface area contributed by atoms with Gasteiger partial charge >= 0.3 is 0 Å². The molecule has 0 aliphatic carbocycles. The molecule has 0 spiro atoms. The molecule has 0 radical (unpaired) electrons. The summed E-state index contributed by atoms with van der Waals surface area (Å²) in [4.78, 5) is 0. The Morgan fingerprint density at radius 1 is 1.18 bits per heavy atom. The fourth-order valence-electron chi connectivity index (χ4n) is 1.56. The van der Waals surface area contributed by atoms with Crippen LogP contribution in [0.1, 0.15) is 39.7 Å². The Labute approximate surface area is 105 Å². The van der Waals surface area contributed by atoms with Gasteiger partial charge in [0.25, 0.3) is 0 Å². The SMILES string of the molecule is CCC(C)Oc1ccccc1CNCC(C)C. The minimum atomic E-state index is 0.279. The van der Waals surface area contributed by atoms with Crippen molar-refractivity contribution in [3.8, 4) is 5.75 Å². The molecule has 96 valence electrons. The highest BCUT2D eigenvalue weighted by Crippen LogP contribution is 2.19. The normalized spacial score (nSPS) is 12.8. The highest BCUT2D eigenvalue weighted by atomic mass is 16.5. The Morgan fingerprint density at radius 3 is 2.53 bits per heavy atom. The first-order valence-corrected chi connectivity index (χ1v) is 6.58. The molecular formula is C15H25NO. The maximum absolute atomic E-state index is 5.91. The average Bonchev–Trinajstić information content (AvgIpc) is 2.30. The molecular weight excluding hydrogens is 210 g/mol. The third kappa shape index (κ3) is 5.22. The molecule has 1 N–H and O–H groups in total. The molecule has 1 aromatic carbocycles. The van der Waals surface area contributed by atoms with Gasteiger partial charge in [-0.25, -0.2) is 0 Å².